The molecule has 0 bridgehead atoms. The Hall–Kier alpha value is -2.15. The molecule has 0 aliphatic carbocycles. The van der Waals surface area contributed by atoms with E-state index in [4.69, 9.17) is 4.52 Å². The first kappa shape index (κ1) is 13.5. The summed E-state index contributed by atoms with van der Waals surface area (Å²) in [5, 5.41) is 0.956. The van der Waals surface area contributed by atoms with Crippen LogP contribution in [-0.2, 0) is 6.16 Å². The fourth-order valence-electron chi connectivity index (χ4n) is 3.08. The van der Waals surface area contributed by atoms with Crippen LogP contribution in [0.1, 0.15) is 5.56 Å². The molecule has 0 atom stereocenters. The molecule has 0 radical (unpaired) electrons. The Kier molecular flexibility index (Phi) is 3.22. The monoisotopic (exact) mass is 308 g/mol. The van der Waals surface area contributed by atoms with E-state index in [-0.39, 0.29) is 0 Å². The molecule has 3 aromatic carbocycles. The molecule has 1 N–H and O–H groups in total. The Labute approximate surface area is 130 Å². The van der Waals surface area contributed by atoms with Crippen molar-refractivity contribution >= 4 is 13.0 Å². The van der Waals surface area contributed by atoms with E-state index in [2.05, 4.69) is 6.07 Å². The van der Waals surface area contributed by atoms with Crippen LogP contribution in [0.3, 0.4) is 0 Å². The van der Waals surface area contributed by atoms with Crippen LogP contribution in [0.4, 0.5) is 0 Å². The average molecular weight is 308 g/mol. The fourth-order valence-corrected chi connectivity index (χ4v) is 5.78. The van der Waals surface area contributed by atoms with Crippen molar-refractivity contribution in [2.75, 3.05) is 0 Å². The second kappa shape index (κ2) is 5.24. The van der Waals surface area contributed by atoms with Gasteiger partial charge in [0.05, 0.1) is 0 Å². The van der Waals surface area contributed by atoms with E-state index in [1.807, 2.05) is 72.8 Å². The molecule has 4 rings (SSSR count). The molecule has 0 fully saturated rings. The SMILES string of the molecule is O[PH]1(Cc2ccccc2)Oc2ccccc2-c2ccccc21. The molecule has 2 nitrogen and oxygen atoms in total. The van der Waals surface area contributed by atoms with Gasteiger partial charge >= 0.3 is 130 Å². The van der Waals surface area contributed by atoms with Crippen molar-refractivity contribution < 1.29 is 9.42 Å². The van der Waals surface area contributed by atoms with Crippen LogP contribution < -0.4 is 9.83 Å². The third-order valence-electron chi connectivity index (χ3n) is 4.09. The molecular formula is C19H17O2P. The molecule has 1 heterocycles. The molecule has 0 spiro atoms. The zero-order valence-corrected chi connectivity index (χ0v) is 13.1. The molecule has 1 aliphatic heterocycles. The summed E-state index contributed by atoms with van der Waals surface area (Å²) in [5.74, 6) is 0.784. The molecule has 3 heteroatoms. The van der Waals surface area contributed by atoms with Crippen molar-refractivity contribution in [1.82, 2.24) is 0 Å². The van der Waals surface area contributed by atoms with Crippen LogP contribution >= 0.6 is 7.72 Å². The number of hydrogen-bond acceptors (Lipinski definition) is 2. The summed E-state index contributed by atoms with van der Waals surface area (Å²) in [5.41, 5.74) is 3.25. The van der Waals surface area contributed by atoms with Crippen molar-refractivity contribution in [3.63, 3.8) is 0 Å². The summed E-state index contributed by atoms with van der Waals surface area (Å²) in [6.07, 6.45) is 0.555. The predicted molar refractivity (Wildman–Crippen MR) is 92.8 cm³/mol. The maximum absolute atomic E-state index is 11.3. The van der Waals surface area contributed by atoms with E-state index in [1.165, 1.54) is 0 Å². The predicted octanol–water partition coefficient (Wildman–Crippen LogP) is 4.14. The van der Waals surface area contributed by atoms with Gasteiger partial charge in [0.1, 0.15) is 0 Å². The van der Waals surface area contributed by atoms with Gasteiger partial charge in [-0.05, 0) is 0 Å². The Balaban J connectivity index is 1.85. The first-order valence-corrected chi connectivity index (χ1v) is 9.47. The van der Waals surface area contributed by atoms with Crippen molar-refractivity contribution in [2.45, 2.75) is 6.16 Å². The Morgan fingerprint density at radius 2 is 1.36 bits per heavy atom. The summed E-state index contributed by atoms with van der Waals surface area (Å²) in [6.45, 7) is 0. The number of rotatable bonds is 2. The molecule has 0 unspecified atom stereocenters. The molecule has 0 aromatic heterocycles. The van der Waals surface area contributed by atoms with E-state index in [0.29, 0.717) is 6.16 Å². The zero-order valence-electron chi connectivity index (χ0n) is 12.1. The Morgan fingerprint density at radius 1 is 0.727 bits per heavy atom. The minimum absolute atomic E-state index is 0.555. The topological polar surface area (TPSA) is 29.5 Å². The van der Waals surface area contributed by atoms with Gasteiger partial charge in [0.15, 0.2) is 0 Å². The van der Waals surface area contributed by atoms with Gasteiger partial charge in [-0.15, -0.1) is 0 Å². The number of benzene rings is 3. The molecule has 3 aromatic rings. The molecular weight excluding hydrogens is 291 g/mol. The average Bonchev–Trinajstić information content (AvgIpc) is 2.56. The van der Waals surface area contributed by atoms with E-state index in [1.54, 1.807) is 0 Å². The van der Waals surface area contributed by atoms with Crippen molar-refractivity contribution in [1.29, 1.82) is 0 Å². The van der Waals surface area contributed by atoms with E-state index >= 15 is 0 Å². The van der Waals surface area contributed by atoms with Crippen LogP contribution in [0.2, 0.25) is 0 Å². The molecule has 0 saturated carbocycles. The van der Waals surface area contributed by atoms with Crippen LogP contribution in [0.25, 0.3) is 11.1 Å². The second-order valence-electron chi connectivity index (χ2n) is 5.59. The van der Waals surface area contributed by atoms with Crippen LogP contribution in [0, 0.1) is 0 Å². The molecule has 1 aliphatic rings. The van der Waals surface area contributed by atoms with Crippen LogP contribution in [0.15, 0.2) is 78.9 Å². The van der Waals surface area contributed by atoms with Gasteiger partial charge in [-0.3, -0.25) is 0 Å². The van der Waals surface area contributed by atoms with Crippen LogP contribution in [0.5, 0.6) is 5.75 Å². The maximum atomic E-state index is 11.3. The first-order valence-electron chi connectivity index (χ1n) is 7.40. The van der Waals surface area contributed by atoms with Crippen molar-refractivity contribution in [3.8, 4) is 16.9 Å². The van der Waals surface area contributed by atoms with Gasteiger partial charge in [0.25, 0.3) is 0 Å². The summed E-state index contributed by atoms with van der Waals surface area (Å²) < 4.78 is 6.14. The Morgan fingerprint density at radius 3 is 2.18 bits per heavy atom. The third-order valence-corrected chi connectivity index (χ3v) is 6.81. The molecule has 110 valence electrons. The normalized spacial score (nSPS) is 16.0. The van der Waals surface area contributed by atoms with Gasteiger partial charge in [-0.1, -0.05) is 0 Å². The number of fused-ring (bicyclic) bond motifs is 3. The standard InChI is InChI=1S/C19H17O2P/c20-22(14-15-8-2-1-3-9-15)19-13-7-5-11-17(19)16-10-4-6-12-18(16)21-22/h1-13,20,22H,14H2. The van der Waals surface area contributed by atoms with Crippen molar-refractivity contribution in [2.24, 2.45) is 0 Å². The fraction of sp³-hybridized carbons (Fsp3) is 0.0526. The Bertz CT molecular complexity index is 812. The van der Waals surface area contributed by atoms with E-state index in [0.717, 1.165) is 27.7 Å². The zero-order chi connectivity index (χ0) is 15.0. The quantitative estimate of drug-likeness (QED) is 0.721. The van der Waals surface area contributed by atoms with Gasteiger partial charge in [0.2, 0.25) is 0 Å². The van der Waals surface area contributed by atoms with Gasteiger partial charge in [-0.25, -0.2) is 0 Å². The number of hydrogen-bond donors (Lipinski definition) is 1. The van der Waals surface area contributed by atoms with Gasteiger partial charge < -0.3 is 0 Å². The first-order chi connectivity index (χ1) is 10.8. The minimum atomic E-state index is -3.05. The third kappa shape index (κ3) is 2.21. The summed E-state index contributed by atoms with van der Waals surface area (Å²) in [4.78, 5) is 11.3. The summed E-state index contributed by atoms with van der Waals surface area (Å²) in [7, 11) is -3.05. The number of para-hydroxylation sites is 1. The van der Waals surface area contributed by atoms with E-state index in [9.17, 15) is 4.89 Å². The second-order valence-corrected chi connectivity index (χ2v) is 8.26. The molecule has 0 amide bonds. The van der Waals surface area contributed by atoms with Crippen LogP contribution in [-0.4, -0.2) is 4.89 Å². The molecule has 22 heavy (non-hydrogen) atoms. The van der Waals surface area contributed by atoms with E-state index < -0.39 is 7.72 Å². The summed E-state index contributed by atoms with van der Waals surface area (Å²) in [6, 6.07) is 26.0. The van der Waals surface area contributed by atoms with Crippen molar-refractivity contribution in [3.05, 3.63) is 84.4 Å². The van der Waals surface area contributed by atoms with Gasteiger partial charge in [0, 0.05) is 0 Å². The molecule has 0 saturated heterocycles. The summed E-state index contributed by atoms with van der Waals surface area (Å²) >= 11 is 0. The van der Waals surface area contributed by atoms with Gasteiger partial charge in [-0.2, -0.15) is 0 Å².